The molecule has 24 heavy (non-hydrogen) atoms. The van der Waals surface area contributed by atoms with Gasteiger partial charge < -0.3 is 9.64 Å². The molecular formula is C16H15N3O4S. The van der Waals surface area contributed by atoms with E-state index in [1.54, 1.807) is 19.1 Å². The number of methoxy groups -OCH3 is 1. The minimum Gasteiger partial charge on any atom is -0.466 e. The number of thioether (sulfide) groups is 1. The van der Waals surface area contributed by atoms with E-state index < -0.39 is 16.9 Å². The molecule has 3 rings (SSSR count). The predicted molar refractivity (Wildman–Crippen MR) is 91.2 cm³/mol. The van der Waals surface area contributed by atoms with Gasteiger partial charge in [0, 0.05) is 17.8 Å². The highest BCUT2D eigenvalue weighted by atomic mass is 32.2. The molecule has 0 radical (unpaired) electrons. The van der Waals surface area contributed by atoms with E-state index >= 15 is 0 Å². The van der Waals surface area contributed by atoms with Gasteiger partial charge in [-0.2, -0.15) is 0 Å². The highest BCUT2D eigenvalue weighted by Gasteiger charge is 2.39. The van der Waals surface area contributed by atoms with Crippen LogP contribution in [0.15, 0.2) is 51.6 Å². The molecule has 0 amide bonds. The van der Waals surface area contributed by atoms with Crippen molar-refractivity contribution in [1.29, 1.82) is 0 Å². The standard InChI is InChI=1S/C16H15N3O4S/c1-9-8-24-16-17-10(2)13(15(20)23-3)14(18(9)16)11-5-4-6-12(7-11)19(21)22/h4-8,14H,1-3H3/t14-/m1/s1. The number of nitro benzene ring substituents is 1. The highest BCUT2D eigenvalue weighted by molar-refractivity contribution is 8.16. The summed E-state index contributed by atoms with van der Waals surface area (Å²) >= 11 is 1.46. The second kappa shape index (κ2) is 6.12. The summed E-state index contributed by atoms with van der Waals surface area (Å²) in [7, 11) is 1.31. The minimum absolute atomic E-state index is 0.0214. The first-order valence-electron chi connectivity index (χ1n) is 7.19. The molecule has 2 heterocycles. The van der Waals surface area contributed by atoms with Crippen molar-refractivity contribution in [2.24, 2.45) is 4.99 Å². The molecule has 0 aliphatic carbocycles. The molecule has 0 N–H and O–H groups in total. The Morgan fingerprint density at radius 3 is 2.83 bits per heavy atom. The molecule has 0 saturated heterocycles. The summed E-state index contributed by atoms with van der Waals surface area (Å²) in [5.74, 6) is -0.489. The van der Waals surface area contributed by atoms with Crippen LogP contribution in [0.25, 0.3) is 0 Å². The lowest BCUT2D eigenvalue weighted by atomic mass is 9.94. The number of allylic oxidation sites excluding steroid dienone is 2. The van der Waals surface area contributed by atoms with Crippen LogP contribution in [-0.4, -0.2) is 28.1 Å². The highest BCUT2D eigenvalue weighted by Crippen LogP contribution is 2.44. The number of fused-ring (bicyclic) bond motifs is 1. The van der Waals surface area contributed by atoms with Gasteiger partial charge in [0.25, 0.3) is 5.69 Å². The molecule has 8 heteroatoms. The largest absolute Gasteiger partial charge is 0.466 e. The van der Waals surface area contributed by atoms with Crippen LogP contribution in [0.4, 0.5) is 5.69 Å². The second-order valence-electron chi connectivity index (χ2n) is 5.39. The molecule has 7 nitrogen and oxygen atoms in total. The van der Waals surface area contributed by atoms with Crippen LogP contribution in [0.3, 0.4) is 0 Å². The van der Waals surface area contributed by atoms with E-state index in [1.807, 2.05) is 17.2 Å². The zero-order valence-electron chi connectivity index (χ0n) is 13.3. The van der Waals surface area contributed by atoms with Gasteiger partial charge in [-0.15, -0.1) is 0 Å². The fraction of sp³-hybridized carbons (Fsp3) is 0.250. The number of carbonyl (C=O) groups excluding carboxylic acids is 1. The monoisotopic (exact) mass is 345 g/mol. The number of benzene rings is 1. The molecule has 1 aromatic rings. The Morgan fingerprint density at radius 1 is 1.42 bits per heavy atom. The fourth-order valence-electron chi connectivity index (χ4n) is 2.82. The van der Waals surface area contributed by atoms with E-state index in [-0.39, 0.29) is 5.69 Å². The first kappa shape index (κ1) is 16.3. The summed E-state index contributed by atoms with van der Waals surface area (Å²) in [6.45, 7) is 3.66. The molecule has 2 aliphatic heterocycles. The smallest absolute Gasteiger partial charge is 0.338 e. The predicted octanol–water partition coefficient (Wildman–Crippen LogP) is 3.36. The van der Waals surface area contributed by atoms with Crippen LogP contribution >= 0.6 is 11.8 Å². The lowest BCUT2D eigenvalue weighted by molar-refractivity contribution is -0.384. The molecule has 1 atom stereocenters. The average molecular weight is 345 g/mol. The summed E-state index contributed by atoms with van der Waals surface area (Å²) in [5.41, 5.74) is 2.49. The van der Waals surface area contributed by atoms with Crippen molar-refractivity contribution >= 4 is 28.6 Å². The van der Waals surface area contributed by atoms with E-state index in [1.165, 1.54) is 31.0 Å². The molecular weight excluding hydrogens is 330 g/mol. The summed E-state index contributed by atoms with van der Waals surface area (Å²) in [5, 5.41) is 13.8. The molecule has 0 saturated carbocycles. The molecule has 124 valence electrons. The molecule has 0 fully saturated rings. The summed E-state index contributed by atoms with van der Waals surface area (Å²) in [6, 6.07) is 5.80. The SMILES string of the molecule is COC(=O)C1=C(C)N=C2SC=C(C)N2[C@@H]1c1cccc([N+](=O)[O-])c1. The Labute approximate surface area is 142 Å². The van der Waals surface area contributed by atoms with Gasteiger partial charge in [0.05, 0.1) is 29.3 Å². The maximum atomic E-state index is 12.3. The van der Waals surface area contributed by atoms with Crippen LogP contribution < -0.4 is 0 Å². The lowest BCUT2D eigenvalue weighted by Gasteiger charge is -2.35. The maximum absolute atomic E-state index is 12.3. The zero-order chi connectivity index (χ0) is 17.4. The number of non-ortho nitro benzene ring substituents is 1. The van der Waals surface area contributed by atoms with Crippen molar-refractivity contribution in [3.05, 3.63) is 62.3 Å². The third-order valence-electron chi connectivity index (χ3n) is 3.91. The minimum atomic E-state index is -0.504. The summed E-state index contributed by atoms with van der Waals surface area (Å²) in [4.78, 5) is 29.4. The first-order chi connectivity index (χ1) is 11.4. The topological polar surface area (TPSA) is 85.0 Å². The van der Waals surface area contributed by atoms with Crippen LogP contribution in [0.5, 0.6) is 0 Å². The number of nitro groups is 1. The Balaban J connectivity index is 2.19. The van der Waals surface area contributed by atoms with Crippen molar-refractivity contribution in [1.82, 2.24) is 4.90 Å². The number of hydrogen-bond donors (Lipinski definition) is 0. The molecule has 0 spiro atoms. The van der Waals surface area contributed by atoms with Crippen LogP contribution in [0.2, 0.25) is 0 Å². The fourth-order valence-corrected chi connectivity index (χ4v) is 3.76. The van der Waals surface area contributed by atoms with E-state index in [0.717, 1.165) is 10.9 Å². The first-order valence-corrected chi connectivity index (χ1v) is 8.06. The van der Waals surface area contributed by atoms with E-state index in [2.05, 4.69) is 4.99 Å². The van der Waals surface area contributed by atoms with Gasteiger partial charge in [-0.1, -0.05) is 23.9 Å². The van der Waals surface area contributed by atoms with Gasteiger partial charge in [-0.05, 0) is 24.8 Å². The second-order valence-corrected chi connectivity index (χ2v) is 6.22. The van der Waals surface area contributed by atoms with Gasteiger partial charge in [0.15, 0.2) is 5.17 Å². The van der Waals surface area contributed by atoms with E-state index in [9.17, 15) is 14.9 Å². The number of ether oxygens (including phenoxy) is 1. The quantitative estimate of drug-likeness (QED) is 0.474. The third-order valence-corrected chi connectivity index (χ3v) is 4.87. The molecule has 0 unspecified atom stereocenters. The number of carbonyl (C=O) groups is 1. The van der Waals surface area contributed by atoms with Gasteiger partial charge in [0.1, 0.15) is 0 Å². The van der Waals surface area contributed by atoms with E-state index in [0.29, 0.717) is 16.8 Å². The van der Waals surface area contributed by atoms with Crippen molar-refractivity contribution in [3.8, 4) is 0 Å². The van der Waals surface area contributed by atoms with Gasteiger partial charge in [-0.25, -0.2) is 9.79 Å². The number of amidine groups is 1. The lowest BCUT2D eigenvalue weighted by Crippen LogP contribution is -2.35. The van der Waals surface area contributed by atoms with Crippen LogP contribution in [-0.2, 0) is 9.53 Å². The maximum Gasteiger partial charge on any atom is 0.338 e. The van der Waals surface area contributed by atoms with Gasteiger partial charge in [-0.3, -0.25) is 10.1 Å². The van der Waals surface area contributed by atoms with Gasteiger partial charge in [0.2, 0.25) is 0 Å². The van der Waals surface area contributed by atoms with Crippen LogP contribution in [0.1, 0.15) is 25.5 Å². The number of hydrogen-bond acceptors (Lipinski definition) is 7. The van der Waals surface area contributed by atoms with Crippen LogP contribution in [0, 0.1) is 10.1 Å². The average Bonchev–Trinajstić information content (AvgIpc) is 2.93. The molecule has 1 aromatic carbocycles. The van der Waals surface area contributed by atoms with Gasteiger partial charge >= 0.3 is 5.97 Å². The number of esters is 1. The van der Waals surface area contributed by atoms with Crippen molar-refractivity contribution in [2.75, 3.05) is 7.11 Å². The Bertz CT molecular complexity index is 828. The van der Waals surface area contributed by atoms with Crippen molar-refractivity contribution < 1.29 is 14.5 Å². The van der Waals surface area contributed by atoms with E-state index in [4.69, 9.17) is 4.74 Å². The van der Waals surface area contributed by atoms with Crippen molar-refractivity contribution in [3.63, 3.8) is 0 Å². The zero-order valence-corrected chi connectivity index (χ0v) is 14.2. The third kappa shape index (κ3) is 2.58. The summed E-state index contributed by atoms with van der Waals surface area (Å²) in [6.07, 6.45) is 0. The Morgan fingerprint density at radius 2 is 2.17 bits per heavy atom. The number of nitrogens with zero attached hydrogens (tertiary/aromatic N) is 3. The van der Waals surface area contributed by atoms with Crippen molar-refractivity contribution in [2.45, 2.75) is 19.9 Å². The Hall–Kier alpha value is -2.61. The molecule has 2 aliphatic rings. The Kier molecular flexibility index (Phi) is 4.15. The number of aliphatic imine (C=N–C) groups is 1. The molecule has 0 aromatic heterocycles. The summed E-state index contributed by atoms with van der Waals surface area (Å²) < 4.78 is 4.92. The number of rotatable bonds is 3. The normalized spacial score (nSPS) is 19.6. The molecule has 0 bridgehead atoms.